The van der Waals surface area contributed by atoms with Crippen molar-refractivity contribution in [3.05, 3.63) is 47.0 Å². The van der Waals surface area contributed by atoms with Crippen LogP contribution < -0.4 is 21.7 Å². The standard InChI is InChI=1S/C21H30F3N5S/c22-18-19(26-11-14-7-9-30-10-8-14)27-13-28-20(18)29(17-5-6-17)12-15-1-3-16(4-2-15)21(23,24)25/h1-4,14,17,19,26-28H,5-13,25H2. The number of halogens is 3. The minimum atomic E-state index is -3.35. The summed E-state index contributed by atoms with van der Waals surface area (Å²) in [5, 5.41) is 9.66. The Morgan fingerprint density at radius 3 is 2.47 bits per heavy atom. The maximum absolute atomic E-state index is 15.4. The number of nitrogens with one attached hydrogen (secondary N) is 3. The van der Waals surface area contributed by atoms with Gasteiger partial charge >= 0.3 is 6.05 Å². The Labute approximate surface area is 180 Å². The second-order valence-corrected chi connectivity index (χ2v) is 9.55. The first-order chi connectivity index (χ1) is 14.4. The van der Waals surface area contributed by atoms with Crippen molar-refractivity contribution in [2.24, 2.45) is 11.7 Å². The van der Waals surface area contributed by atoms with Crippen molar-refractivity contribution in [1.82, 2.24) is 20.9 Å². The first-order valence-electron chi connectivity index (χ1n) is 10.6. The van der Waals surface area contributed by atoms with E-state index in [4.69, 9.17) is 5.73 Å². The Balaban J connectivity index is 1.44. The van der Waals surface area contributed by atoms with E-state index in [0.29, 0.717) is 25.0 Å². The maximum Gasteiger partial charge on any atom is 0.326 e. The number of hydrogen-bond acceptors (Lipinski definition) is 6. The fourth-order valence-corrected chi connectivity index (χ4v) is 5.19. The molecular weight excluding hydrogens is 411 g/mol. The molecule has 1 aliphatic carbocycles. The predicted octanol–water partition coefficient (Wildman–Crippen LogP) is 3.01. The van der Waals surface area contributed by atoms with Crippen LogP contribution in [0.5, 0.6) is 0 Å². The van der Waals surface area contributed by atoms with Gasteiger partial charge in [-0.2, -0.15) is 20.5 Å². The molecule has 2 fully saturated rings. The second kappa shape index (κ2) is 9.38. The summed E-state index contributed by atoms with van der Waals surface area (Å²) in [6, 6.07) is 2.88. The molecule has 2 heterocycles. The third kappa shape index (κ3) is 5.43. The number of benzene rings is 1. The molecule has 0 radical (unpaired) electrons. The number of nitrogens with zero attached hydrogens (tertiary/aromatic N) is 1. The van der Waals surface area contributed by atoms with Gasteiger partial charge in [0, 0.05) is 18.2 Å². The summed E-state index contributed by atoms with van der Waals surface area (Å²) in [5.41, 5.74) is 5.50. The summed E-state index contributed by atoms with van der Waals surface area (Å²) in [6.45, 7) is 1.74. The molecule has 0 aromatic heterocycles. The minimum Gasteiger partial charge on any atom is -0.357 e. The molecule has 0 bridgehead atoms. The lowest BCUT2D eigenvalue weighted by molar-refractivity contribution is 0.00296. The molecule has 166 valence electrons. The zero-order valence-electron chi connectivity index (χ0n) is 17.0. The van der Waals surface area contributed by atoms with Crippen LogP contribution in [0.4, 0.5) is 13.2 Å². The SMILES string of the molecule is NC(F)(F)c1ccc(CN(C2=C(F)C(NCC3CCSCC3)NCN2)C2CC2)cc1. The normalized spacial score (nSPS) is 23.4. The number of rotatable bonds is 8. The van der Waals surface area contributed by atoms with Crippen molar-refractivity contribution in [2.75, 3.05) is 24.7 Å². The highest BCUT2D eigenvalue weighted by molar-refractivity contribution is 7.99. The van der Waals surface area contributed by atoms with Crippen LogP contribution in [0.15, 0.2) is 35.9 Å². The van der Waals surface area contributed by atoms with Gasteiger partial charge in [-0.15, -0.1) is 0 Å². The summed E-state index contributed by atoms with van der Waals surface area (Å²) >= 11 is 1.99. The highest BCUT2D eigenvalue weighted by atomic mass is 32.2. The first kappa shape index (κ1) is 21.8. The van der Waals surface area contributed by atoms with Gasteiger partial charge in [-0.1, -0.05) is 24.3 Å². The second-order valence-electron chi connectivity index (χ2n) is 8.33. The summed E-state index contributed by atoms with van der Waals surface area (Å²) in [7, 11) is 0. The lowest BCUT2D eigenvalue weighted by atomic mass is 10.0. The average Bonchev–Trinajstić information content (AvgIpc) is 3.57. The van der Waals surface area contributed by atoms with Gasteiger partial charge in [0.2, 0.25) is 0 Å². The molecule has 0 amide bonds. The molecule has 30 heavy (non-hydrogen) atoms. The van der Waals surface area contributed by atoms with E-state index in [1.807, 2.05) is 16.7 Å². The molecule has 0 spiro atoms. The molecule has 5 N–H and O–H groups in total. The topological polar surface area (TPSA) is 65.3 Å². The maximum atomic E-state index is 15.4. The van der Waals surface area contributed by atoms with E-state index in [0.717, 1.165) is 24.9 Å². The van der Waals surface area contributed by atoms with Crippen LogP contribution in [0, 0.1) is 5.92 Å². The van der Waals surface area contributed by atoms with Crippen LogP contribution in [0.1, 0.15) is 36.8 Å². The van der Waals surface area contributed by atoms with Gasteiger partial charge in [0.05, 0.1) is 6.67 Å². The van der Waals surface area contributed by atoms with Crippen LogP contribution in [0.25, 0.3) is 0 Å². The predicted molar refractivity (Wildman–Crippen MR) is 114 cm³/mol. The zero-order valence-corrected chi connectivity index (χ0v) is 17.8. The fraction of sp³-hybridized carbons (Fsp3) is 0.619. The van der Waals surface area contributed by atoms with Gasteiger partial charge in [-0.3, -0.25) is 16.4 Å². The van der Waals surface area contributed by atoms with Gasteiger partial charge in [0.1, 0.15) is 12.0 Å². The van der Waals surface area contributed by atoms with Crippen LogP contribution in [0.2, 0.25) is 0 Å². The third-order valence-corrected chi connectivity index (χ3v) is 7.01. The summed E-state index contributed by atoms with van der Waals surface area (Å²) in [5.74, 6) is 3.22. The Morgan fingerprint density at radius 2 is 1.83 bits per heavy atom. The van der Waals surface area contributed by atoms with E-state index >= 15 is 4.39 Å². The quantitative estimate of drug-likeness (QED) is 0.465. The molecule has 4 rings (SSSR count). The largest absolute Gasteiger partial charge is 0.357 e. The summed E-state index contributed by atoms with van der Waals surface area (Å²) < 4.78 is 41.9. The molecule has 1 aromatic carbocycles. The lowest BCUT2D eigenvalue weighted by Crippen LogP contribution is -2.54. The molecule has 9 heteroatoms. The van der Waals surface area contributed by atoms with Crippen molar-refractivity contribution in [1.29, 1.82) is 0 Å². The van der Waals surface area contributed by atoms with Crippen molar-refractivity contribution >= 4 is 11.8 Å². The van der Waals surface area contributed by atoms with Crippen LogP contribution in [0.3, 0.4) is 0 Å². The minimum absolute atomic E-state index is 0.222. The highest BCUT2D eigenvalue weighted by Crippen LogP contribution is 2.33. The summed E-state index contributed by atoms with van der Waals surface area (Å²) in [4.78, 5) is 2.03. The number of hydrogen-bond donors (Lipinski definition) is 4. The highest BCUT2D eigenvalue weighted by Gasteiger charge is 2.35. The molecule has 1 aromatic rings. The fourth-order valence-electron chi connectivity index (χ4n) is 3.99. The van der Waals surface area contributed by atoms with Crippen LogP contribution in [-0.2, 0) is 12.6 Å². The zero-order chi connectivity index (χ0) is 21.1. The van der Waals surface area contributed by atoms with Crippen molar-refractivity contribution in [3.8, 4) is 0 Å². The Kier molecular flexibility index (Phi) is 6.81. The summed E-state index contributed by atoms with van der Waals surface area (Å²) in [6.07, 6.45) is 3.85. The monoisotopic (exact) mass is 441 g/mol. The molecule has 3 aliphatic rings. The third-order valence-electron chi connectivity index (χ3n) is 5.96. The van der Waals surface area contributed by atoms with Gasteiger partial charge in [-0.05, 0) is 55.2 Å². The van der Waals surface area contributed by atoms with Crippen LogP contribution >= 0.6 is 11.8 Å². The average molecular weight is 442 g/mol. The molecule has 1 saturated heterocycles. The smallest absolute Gasteiger partial charge is 0.326 e. The Bertz CT molecular complexity index is 742. The molecular formula is C21H30F3N5S. The molecule has 1 atom stereocenters. The van der Waals surface area contributed by atoms with Gasteiger partial charge in [0.15, 0.2) is 5.83 Å². The van der Waals surface area contributed by atoms with Crippen molar-refractivity contribution in [2.45, 2.75) is 50.5 Å². The molecule has 2 aliphatic heterocycles. The van der Waals surface area contributed by atoms with E-state index in [9.17, 15) is 8.78 Å². The van der Waals surface area contributed by atoms with Gasteiger partial charge in [-0.25, -0.2) is 4.39 Å². The van der Waals surface area contributed by atoms with E-state index in [-0.39, 0.29) is 17.4 Å². The number of thioether (sulfide) groups is 1. The van der Waals surface area contributed by atoms with E-state index < -0.39 is 12.2 Å². The number of alkyl halides is 2. The molecule has 5 nitrogen and oxygen atoms in total. The lowest BCUT2D eigenvalue weighted by Gasteiger charge is -2.35. The van der Waals surface area contributed by atoms with Crippen LogP contribution in [-0.4, -0.2) is 41.8 Å². The number of nitrogens with two attached hydrogens (primary N) is 1. The van der Waals surface area contributed by atoms with Gasteiger partial charge in [0.25, 0.3) is 0 Å². The first-order valence-corrected chi connectivity index (χ1v) is 11.8. The van der Waals surface area contributed by atoms with Crippen molar-refractivity contribution < 1.29 is 13.2 Å². The van der Waals surface area contributed by atoms with E-state index in [1.54, 1.807) is 12.1 Å². The van der Waals surface area contributed by atoms with Gasteiger partial charge < -0.3 is 10.2 Å². The van der Waals surface area contributed by atoms with E-state index in [2.05, 4.69) is 16.0 Å². The Hall–Kier alpha value is -1.42. The molecule has 1 unspecified atom stereocenters. The van der Waals surface area contributed by atoms with Crippen molar-refractivity contribution in [3.63, 3.8) is 0 Å². The van der Waals surface area contributed by atoms with E-state index in [1.165, 1.54) is 36.5 Å². The molecule has 1 saturated carbocycles. The Morgan fingerprint density at radius 1 is 1.13 bits per heavy atom.